The van der Waals surface area contributed by atoms with Crippen LogP contribution in [0.2, 0.25) is 5.02 Å². The van der Waals surface area contributed by atoms with E-state index in [4.69, 9.17) is 21.6 Å². The molecule has 0 bridgehead atoms. The van der Waals surface area contributed by atoms with Crippen molar-refractivity contribution in [2.24, 2.45) is 0 Å². The third-order valence-corrected chi connectivity index (χ3v) is 3.33. The van der Waals surface area contributed by atoms with E-state index in [-0.39, 0.29) is 18.6 Å². The molecule has 0 radical (unpaired) electrons. The highest BCUT2D eigenvalue weighted by Gasteiger charge is 2.10. The summed E-state index contributed by atoms with van der Waals surface area (Å²) in [5.41, 5.74) is 1.46. The molecule has 0 aliphatic heterocycles. The number of amides is 1. The zero-order valence-corrected chi connectivity index (χ0v) is 12.8. The third-order valence-electron chi connectivity index (χ3n) is 3.08. The van der Waals surface area contributed by atoms with Crippen molar-refractivity contribution in [3.05, 3.63) is 64.7 Å². The van der Waals surface area contributed by atoms with Crippen molar-refractivity contribution >= 4 is 17.5 Å². The molecule has 0 heterocycles. The molecule has 0 saturated heterocycles. The van der Waals surface area contributed by atoms with Gasteiger partial charge in [0.1, 0.15) is 5.75 Å². The average molecular weight is 315 g/mol. The van der Waals surface area contributed by atoms with Gasteiger partial charge in [-0.15, -0.1) is 0 Å². The van der Waals surface area contributed by atoms with Crippen LogP contribution in [-0.4, -0.2) is 12.5 Å². The molecule has 112 valence electrons. The normalized spacial score (nSPS) is 11.3. The van der Waals surface area contributed by atoms with Gasteiger partial charge in [0.2, 0.25) is 0 Å². The van der Waals surface area contributed by atoms with Gasteiger partial charge in [0.15, 0.2) is 6.61 Å². The lowest BCUT2D eigenvalue weighted by Gasteiger charge is -2.15. The first-order chi connectivity index (χ1) is 10.6. The minimum Gasteiger partial charge on any atom is -0.484 e. The highest BCUT2D eigenvalue weighted by atomic mass is 35.5. The summed E-state index contributed by atoms with van der Waals surface area (Å²) in [5, 5.41) is 12.3. The van der Waals surface area contributed by atoms with Crippen LogP contribution < -0.4 is 10.1 Å². The van der Waals surface area contributed by atoms with Crippen LogP contribution in [0.25, 0.3) is 0 Å². The minimum absolute atomic E-state index is 0.104. The number of rotatable bonds is 5. The Morgan fingerprint density at radius 1 is 1.32 bits per heavy atom. The molecule has 0 saturated carbocycles. The predicted molar refractivity (Wildman–Crippen MR) is 84.7 cm³/mol. The second-order valence-corrected chi connectivity index (χ2v) is 5.21. The fourth-order valence-electron chi connectivity index (χ4n) is 1.92. The summed E-state index contributed by atoms with van der Waals surface area (Å²) in [5.74, 6) is 0.262. The molecule has 22 heavy (non-hydrogen) atoms. The third kappa shape index (κ3) is 4.51. The number of halogens is 1. The molecule has 2 aromatic rings. The smallest absolute Gasteiger partial charge is 0.258 e. The Hall–Kier alpha value is -2.51. The van der Waals surface area contributed by atoms with Crippen molar-refractivity contribution in [2.45, 2.75) is 13.0 Å². The number of nitrogens with one attached hydrogen (secondary N) is 1. The van der Waals surface area contributed by atoms with Crippen molar-refractivity contribution in [3.63, 3.8) is 0 Å². The van der Waals surface area contributed by atoms with Gasteiger partial charge in [-0.25, -0.2) is 0 Å². The Kier molecular flexibility index (Phi) is 5.40. The number of carbonyl (C=O) groups excluding carboxylic acids is 1. The number of carbonyl (C=O) groups is 1. The van der Waals surface area contributed by atoms with Crippen LogP contribution in [0, 0.1) is 11.3 Å². The van der Waals surface area contributed by atoms with Gasteiger partial charge >= 0.3 is 0 Å². The van der Waals surface area contributed by atoms with E-state index in [0.29, 0.717) is 16.3 Å². The number of hydrogen-bond donors (Lipinski definition) is 1. The van der Waals surface area contributed by atoms with Gasteiger partial charge in [-0.1, -0.05) is 29.8 Å². The van der Waals surface area contributed by atoms with Crippen LogP contribution >= 0.6 is 11.6 Å². The quantitative estimate of drug-likeness (QED) is 0.919. The summed E-state index contributed by atoms with van der Waals surface area (Å²) in [7, 11) is 0. The maximum absolute atomic E-state index is 11.9. The summed E-state index contributed by atoms with van der Waals surface area (Å²) < 4.78 is 5.38. The number of ether oxygens (including phenoxy) is 1. The monoisotopic (exact) mass is 314 g/mol. The molecular formula is C17H15ClN2O2. The largest absolute Gasteiger partial charge is 0.484 e. The maximum atomic E-state index is 11.9. The van der Waals surface area contributed by atoms with Crippen LogP contribution in [-0.2, 0) is 4.79 Å². The van der Waals surface area contributed by atoms with Crippen molar-refractivity contribution in [1.82, 2.24) is 5.32 Å². The van der Waals surface area contributed by atoms with E-state index in [0.717, 1.165) is 5.56 Å². The van der Waals surface area contributed by atoms with Gasteiger partial charge < -0.3 is 10.1 Å². The predicted octanol–water partition coefficient (Wildman–Crippen LogP) is 3.47. The zero-order valence-electron chi connectivity index (χ0n) is 12.0. The van der Waals surface area contributed by atoms with Crippen molar-refractivity contribution in [2.75, 3.05) is 6.61 Å². The molecular weight excluding hydrogens is 300 g/mol. The molecule has 1 N–H and O–H groups in total. The van der Waals surface area contributed by atoms with Gasteiger partial charge in [0.05, 0.1) is 17.7 Å². The Morgan fingerprint density at radius 3 is 2.73 bits per heavy atom. The molecule has 2 aromatic carbocycles. The lowest BCUT2D eigenvalue weighted by atomic mass is 10.1. The molecule has 0 aliphatic carbocycles. The van der Waals surface area contributed by atoms with Crippen molar-refractivity contribution in [1.29, 1.82) is 5.26 Å². The van der Waals surface area contributed by atoms with Gasteiger partial charge in [-0.05, 0) is 42.8 Å². The summed E-state index contributed by atoms with van der Waals surface area (Å²) >= 11 is 5.83. The number of benzene rings is 2. The number of hydrogen-bond acceptors (Lipinski definition) is 3. The molecule has 2 rings (SSSR count). The van der Waals surface area contributed by atoms with E-state index in [9.17, 15) is 4.79 Å². The highest BCUT2D eigenvalue weighted by Crippen LogP contribution is 2.16. The minimum atomic E-state index is -0.232. The van der Waals surface area contributed by atoms with E-state index in [1.165, 1.54) is 0 Å². The summed E-state index contributed by atoms with van der Waals surface area (Å²) in [6, 6.07) is 15.9. The van der Waals surface area contributed by atoms with Crippen molar-refractivity contribution < 1.29 is 9.53 Å². The molecule has 0 aromatic heterocycles. The van der Waals surface area contributed by atoms with Crippen LogP contribution in [0.15, 0.2) is 48.5 Å². The Balaban J connectivity index is 1.87. The van der Waals surface area contributed by atoms with E-state index in [1.807, 2.05) is 25.1 Å². The Bertz CT molecular complexity index is 693. The Labute approximate surface area is 134 Å². The molecule has 5 heteroatoms. The van der Waals surface area contributed by atoms with Crippen LogP contribution in [0.5, 0.6) is 5.75 Å². The van der Waals surface area contributed by atoms with E-state index < -0.39 is 0 Å². The molecule has 1 atom stereocenters. The lowest BCUT2D eigenvalue weighted by molar-refractivity contribution is -0.123. The van der Waals surface area contributed by atoms with Crippen molar-refractivity contribution in [3.8, 4) is 11.8 Å². The fourth-order valence-corrected chi connectivity index (χ4v) is 2.05. The summed E-state index contributed by atoms with van der Waals surface area (Å²) in [6.07, 6.45) is 0. The van der Waals surface area contributed by atoms with Crippen LogP contribution in [0.1, 0.15) is 24.1 Å². The highest BCUT2D eigenvalue weighted by molar-refractivity contribution is 6.30. The fraction of sp³-hybridized carbons (Fsp3) is 0.176. The molecule has 1 amide bonds. The summed E-state index contributed by atoms with van der Waals surface area (Å²) in [6.45, 7) is 1.78. The second kappa shape index (κ2) is 7.48. The first kappa shape index (κ1) is 15.9. The van der Waals surface area contributed by atoms with E-state index in [1.54, 1.807) is 36.4 Å². The van der Waals surface area contributed by atoms with E-state index in [2.05, 4.69) is 5.32 Å². The van der Waals surface area contributed by atoms with Crippen LogP contribution in [0.4, 0.5) is 0 Å². The first-order valence-electron chi connectivity index (χ1n) is 6.76. The topological polar surface area (TPSA) is 62.1 Å². The van der Waals surface area contributed by atoms with Crippen LogP contribution in [0.3, 0.4) is 0 Å². The van der Waals surface area contributed by atoms with E-state index >= 15 is 0 Å². The standard InChI is InChI=1S/C17H15ClN2O2/c1-12(14-5-7-15(18)8-6-14)20-17(21)11-22-16-4-2-3-13(9-16)10-19/h2-9,12H,11H2,1H3,(H,20,21)/t12-/m0/s1. The molecule has 0 fully saturated rings. The van der Waals surface area contributed by atoms with Gasteiger partial charge in [0.25, 0.3) is 5.91 Å². The second-order valence-electron chi connectivity index (χ2n) is 4.77. The number of nitrogens with zero attached hydrogens (tertiary/aromatic N) is 1. The molecule has 4 nitrogen and oxygen atoms in total. The SMILES string of the molecule is C[C@H](NC(=O)COc1cccc(C#N)c1)c1ccc(Cl)cc1. The molecule has 0 unspecified atom stereocenters. The summed E-state index contributed by atoms with van der Waals surface area (Å²) in [4.78, 5) is 11.9. The lowest BCUT2D eigenvalue weighted by Crippen LogP contribution is -2.31. The molecule has 0 spiro atoms. The first-order valence-corrected chi connectivity index (χ1v) is 7.14. The van der Waals surface area contributed by atoms with Gasteiger partial charge in [-0.2, -0.15) is 5.26 Å². The zero-order chi connectivity index (χ0) is 15.9. The molecule has 0 aliphatic rings. The number of nitriles is 1. The Morgan fingerprint density at radius 2 is 2.05 bits per heavy atom. The van der Waals surface area contributed by atoms with Gasteiger partial charge in [-0.3, -0.25) is 4.79 Å². The average Bonchev–Trinajstić information content (AvgIpc) is 2.53. The maximum Gasteiger partial charge on any atom is 0.258 e. The van der Waals surface area contributed by atoms with Gasteiger partial charge in [0, 0.05) is 5.02 Å².